The lowest BCUT2D eigenvalue weighted by molar-refractivity contribution is -0.126. The van der Waals surface area contributed by atoms with E-state index < -0.39 is 0 Å². The Morgan fingerprint density at radius 2 is 1.87 bits per heavy atom. The Kier molecular flexibility index (Phi) is 6.66. The minimum absolute atomic E-state index is 0.0753. The van der Waals surface area contributed by atoms with Gasteiger partial charge in [0.15, 0.2) is 0 Å². The van der Waals surface area contributed by atoms with E-state index in [1.165, 1.54) is 0 Å². The predicted octanol–water partition coefficient (Wildman–Crippen LogP) is 0.470. The van der Waals surface area contributed by atoms with Gasteiger partial charge in [-0.05, 0) is 13.8 Å². The van der Waals surface area contributed by atoms with Gasteiger partial charge in [0.25, 0.3) is 0 Å². The minimum atomic E-state index is -0.325. The highest BCUT2D eigenvalue weighted by molar-refractivity contribution is 5.81. The van der Waals surface area contributed by atoms with E-state index in [2.05, 4.69) is 18.5 Å². The van der Waals surface area contributed by atoms with E-state index in [-0.39, 0.29) is 18.1 Å². The maximum atomic E-state index is 11.6. The van der Waals surface area contributed by atoms with E-state index in [0.717, 1.165) is 0 Å². The third-order valence-electron chi connectivity index (χ3n) is 2.02. The van der Waals surface area contributed by atoms with Crippen molar-refractivity contribution in [2.24, 2.45) is 5.73 Å². The number of nitrogens with one attached hydrogen (secondary N) is 1. The average Bonchev–Trinajstić information content (AvgIpc) is 2.15. The van der Waals surface area contributed by atoms with Crippen LogP contribution in [0.4, 0.5) is 0 Å². The van der Waals surface area contributed by atoms with Gasteiger partial charge in [0, 0.05) is 13.1 Å². The summed E-state index contributed by atoms with van der Waals surface area (Å²) in [5.41, 5.74) is 5.49. The van der Waals surface area contributed by atoms with Gasteiger partial charge in [0.05, 0.1) is 12.2 Å². The van der Waals surface area contributed by atoms with Crippen molar-refractivity contribution in [3.8, 4) is 0 Å². The number of rotatable bonds is 7. The van der Waals surface area contributed by atoms with Crippen molar-refractivity contribution in [3.05, 3.63) is 25.3 Å². The molecule has 0 spiro atoms. The van der Waals surface area contributed by atoms with Gasteiger partial charge in [0.1, 0.15) is 0 Å². The molecule has 0 aromatic rings. The van der Waals surface area contributed by atoms with Crippen LogP contribution in [0.1, 0.15) is 13.8 Å². The molecule has 0 aromatic carbocycles. The van der Waals surface area contributed by atoms with Gasteiger partial charge in [0.2, 0.25) is 5.91 Å². The van der Waals surface area contributed by atoms with E-state index >= 15 is 0 Å². The number of amides is 1. The van der Waals surface area contributed by atoms with Crippen molar-refractivity contribution in [1.29, 1.82) is 0 Å². The first-order valence-corrected chi connectivity index (χ1v) is 5.04. The summed E-state index contributed by atoms with van der Waals surface area (Å²) in [7, 11) is 0. The standard InChI is InChI=1S/C11H21N3O/c1-5-7-14(8-6-2)9(3)11(15)13-10(4)12/h5-6,9-10H,1-2,7-8,12H2,3-4H3,(H,13,15)/t9-,10?/m0/s1. The molecule has 15 heavy (non-hydrogen) atoms. The molecule has 0 radical (unpaired) electrons. The van der Waals surface area contributed by atoms with Crippen LogP contribution in [0.15, 0.2) is 25.3 Å². The van der Waals surface area contributed by atoms with E-state index in [1.54, 1.807) is 19.1 Å². The lowest BCUT2D eigenvalue weighted by Crippen LogP contribution is -2.50. The van der Waals surface area contributed by atoms with Crippen LogP contribution < -0.4 is 11.1 Å². The Hall–Kier alpha value is -1.13. The molecule has 2 atom stereocenters. The summed E-state index contributed by atoms with van der Waals surface area (Å²) in [6.45, 7) is 12.2. The summed E-state index contributed by atoms with van der Waals surface area (Å²) in [5, 5.41) is 2.67. The number of carbonyl (C=O) groups is 1. The molecule has 0 saturated heterocycles. The molecule has 0 aromatic heterocycles. The van der Waals surface area contributed by atoms with E-state index in [4.69, 9.17) is 5.73 Å². The first-order chi connectivity index (χ1) is 7.02. The zero-order valence-corrected chi connectivity index (χ0v) is 9.57. The van der Waals surface area contributed by atoms with Crippen LogP contribution in [-0.2, 0) is 4.79 Å². The van der Waals surface area contributed by atoms with E-state index in [0.29, 0.717) is 13.1 Å². The maximum absolute atomic E-state index is 11.6. The molecule has 86 valence electrons. The SMILES string of the molecule is C=CCN(CC=C)[C@@H](C)C(=O)NC(C)N. The molecular formula is C11H21N3O. The van der Waals surface area contributed by atoms with Crippen molar-refractivity contribution < 1.29 is 4.79 Å². The van der Waals surface area contributed by atoms with Crippen LogP contribution in [0.25, 0.3) is 0 Å². The third kappa shape index (κ3) is 5.34. The molecule has 0 aliphatic heterocycles. The fourth-order valence-electron chi connectivity index (χ4n) is 1.23. The fourth-order valence-corrected chi connectivity index (χ4v) is 1.23. The summed E-state index contributed by atoms with van der Waals surface area (Å²) in [6.07, 6.45) is 3.20. The first-order valence-electron chi connectivity index (χ1n) is 5.04. The minimum Gasteiger partial charge on any atom is -0.340 e. The Morgan fingerprint density at radius 1 is 1.40 bits per heavy atom. The number of nitrogens with zero attached hydrogens (tertiary/aromatic N) is 1. The number of nitrogens with two attached hydrogens (primary N) is 1. The quantitative estimate of drug-likeness (QED) is 0.475. The second-order valence-corrected chi connectivity index (χ2v) is 3.50. The highest BCUT2D eigenvalue weighted by atomic mass is 16.2. The second kappa shape index (κ2) is 7.20. The lowest BCUT2D eigenvalue weighted by atomic mass is 10.2. The number of hydrogen-bond donors (Lipinski definition) is 2. The molecule has 1 amide bonds. The van der Waals surface area contributed by atoms with Crippen LogP contribution in [-0.4, -0.2) is 36.1 Å². The van der Waals surface area contributed by atoms with Crippen molar-refractivity contribution in [3.63, 3.8) is 0 Å². The molecule has 3 N–H and O–H groups in total. The normalized spacial score (nSPS) is 14.4. The van der Waals surface area contributed by atoms with Crippen LogP contribution in [0.3, 0.4) is 0 Å². The molecule has 0 aliphatic rings. The highest BCUT2D eigenvalue weighted by Crippen LogP contribution is 1.99. The van der Waals surface area contributed by atoms with Crippen LogP contribution in [0, 0.1) is 0 Å². The molecule has 4 heteroatoms. The topological polar surface area (TPSA) is 58.4 Å². The summed E-state index contributed by atoms with van der Waals surface area (Å²) in [6, 6.07) is -0.230. The molecule has 4 nitrogen and oxygen atoms in total. The summed E-state index contributed by atoms with van der Waals surface area (Å²) >= 11 is 0. The van der Waals surface area contributed by atoms with Gasteiger partial charge < -0.3 is 11.1 Å². The van der Waals surface area contributed by atoms with Gasteiger partial charge >= 0.3 is 0 Å². The van der Waals surface area contributed by atoms with Gasteiger partial charge in [-0.2, -0.15) is 0 Å². The molecular weight excluding hydrogens is 190 g/mol. The zero-order chi connectivity index (χ0) is 11.8. The van der Waals surface area contributed by atoms with Gasteiger partial charge in [-0.1, -0.05) is 12.2 Å². The van der Waals surface area contributed by atoms with Crippen LogP contribution >= 0.6 is 0 Å². The Bertz CT molecular complexity index is 216. The summed E-state index contributed by atoms with van der Waals surface area (Å²) < 4.78 is 0. The number of carbonyl (C=O) groups excluding carboxylic acids is 1. The Balaban J connectivity index is 4.32. The molecule has 0 rings (SSSR count). The highest BCUT2D eigenvalue weighted by Gasteiger charge is 2.19. The van der Waals surface area contributed by atoms with Crippen LogP contribution in [0.5, 0.6) is 0 Å². The largest absolute Gasteiger partial charge is 0.340 e. The summed E-state index contributed by atoms with van der Waals surface area (Å²) in [4.78, 5) is 13.6. The molecule has 0 fully saturated rings. The Morgan fingerprint density at radius 3 is 2.20 bits per heavy atom. The number of hydrogen-bond acceptors (Lipinski definition) is 3. The molecule has 0 heterocycles. The van der Waals surface area contributed by atoms with E-state index in [1.807, 2.05) is 11.8 Å². The van der Waals surface area contributed by atoms with Gasteiger partial charge in [-0.25, -0.2) is 0 Å². The fraction of sp³-hybridized carbons (Fsp3) is 0.545. The third-order valence-corrected chi connectivity index (χ3v) is 2.02. The van der Waals surface area contributed by atoms with Crippen molar-refractivity contribution in [2.45, 2.75) is 26.1 Å². The van der Waals surface area contributed by atoms with E-state index in [9.17, 15) is 4.79 Å². The second-order valence-electron chi connectivity index (χ2n) is 3.50. The maximum Gasteiger partial charge on any atom is 0.238 e. The van der Waals surface area contributed by atoms with Crippen molar-refractivity contribution in [1.82, 2.24) is 10.2 Å². The molecule has 1 unspecified atom stereocenters. The molecule has 0 aliphatic carbocycles. The lowest BCUT2D eigenvalue weighted by Gasteiger charge is -2.26. The molecule has 0 bridgehead atoms. The van der Waals surface area contributed by atoms with Crippen molar-refractivity contribution in [2.75, 3.05) is 13.1 Å². The van der Waals surface area contributed by atoms with Crippen LogP contribution in [0.2, 0.25) is 0 Å². The average molecular weight is 211 g/mol. The van der Waals surface area contributed by atoms with Crippen molar-refractivity contribution >= 4 is 5.91 Å². The summed E-state index contributed by atoms with van der Waals surface area (Å²) in [5.74, 6) is -0.0753. The van der Waals surface area contributed by atoms with Gasteiger partial charge in [-0.15, -0.1) is 13.2 Å². The van der Waals surface area contributed by atoms with Gasteiger partial charge in [-0.3, -0.25) is 9.69 Å². The first kappa shape index (κ1) is 13.9. The monoisotopic (exact) mass is 211 g/mol. The smallest absolute Gasteiger partial charge is 0.238 e. The molecule has 0 saturated carbocycles. The predicted molar refractivity (Wildman–Crippen MR) is 63.2 cm³/mol. The zero-order valence-electron chi connectivity index (χ0n) is 9.57. The Labute approximate surface area is 91.8 Å².